The summed E-state index contributed by atoms with van der Waals surface area (Å²) in [5.41, 5.74) is 34.8. The lowest BCUT2D eigenvalue weighted by Gasteiger charge is -2.38. The number of aromatic nitrogens is 6. The summed E-state index contributed by atoms with van der Waals surface area (Å²) >= 11 is 0. The lowest BCUT2D eigenvalue weighted by Crippen LogP contribution is -2.25. The number of benzene rings is 18. The highest BCUT2D eigenvalue weighted by molar-refractivity contribution is 8.00. The first-order valence-corrected chi connectivity index (χ1v) is 50.9. The minimum atomic E-state index is -3.73. The molecule has 0 unspecified atom stereocenters. The van der Waals surface area contributed by atoms with Crippen molar-refractivity contribution in [1.29, 1.82) is 0 Å². The van der Waals surface area contributed by atoms with Gasteiger partial charge in [0.25, 0.3) is 0 Å². The minimum absolute atomic E-state index is 1.03. The Hall–Kier alpha value is -14.6. The van der Waals surface area contributed by atoms with E-state index in [1.807, 2.05) is 0 Å². The molecule has 636 valence electrons. The minimum Gasteiger partial charge on any atom is -0.309 e. The molecular weight excluding hydrogens is 1660 g/mol. The van der Waals surface area contributed by atoms with Crippen LogP contribution >= 0.6 is 21.6 Å². The van der Waals surface area contributed by atoms with Crippen molar-refractivity contribution in [2.75, 3.05) is 0 Å². The van der Waals surface area contributed by atoms with Gasteiger partial charge < -0.3 is 27.4 Å². The SMILES string of the molecule is Cc1ccc2c(c1)c1cc(C)ccc1n2-c1ccc(P2(c3ccc(-n4c5ccc(C)cc5c5cc(C)ccc54)cc3)=NP(c3ccc(-n4c5ccc(C)cc5c5cc(C)ccc54)cc3)(c3ccc(-n4c5ccc(C)cc5c5cc(C)ccc54)cc3)=NP(c3ccc(-n4c5ccc(C)cc5c5cc(C)ccc54)cc3)(c3ccc(-n4c5ccc(C)cc5c5cc(C)ccc54)cc3)=N2)cc1. The van der Waals surface area contributed by atoms with E-state index in [-0.39, 0.29) is 0 Å². The standard InChI is InChI=1S/C120H96N9P3/c1-73-13-49-109-97(61-73)98-62-74(2)14-50-110(98)124(109)85-25-37-91(38-26-85)130(92-39-27-86(28-40-92)125-111-51-15-75(3)63-99(111)100-64-76(4)16-52-112(100)125)121-131(93-41-29-87(30-42-93)126-113-53-17-77(5)65-101(113)102-66-78(6)18-54-114(102)126,94-43-31-88(32-44-94)127-115-55-19-79(7)67-103(115)104-68-80(8)20-56-116(104)127)123-132(122-130,95-45-33-89(34-46-95)128-117-57-21-81(9)69-105(117)106-70-82(10)22-58-118(106)128)96-47-35-90(36-48-96)129-119-59-23-83(11)71-107(119)108-72-84(12)24-60-120(108)129/h13-72H,1-12H3. The highest BCUT2D eigenvalue weighted by Gasteiger charge is 2.44. The molecule has 0 N–H and O–H groups in total. The number of nitrogens with zero attached hydrogens (tertiary/aromatic N) is 9. The molecule has 0 spiro atoms. The summed E-state index contributed by atoms with van der Waals surface area (Å²) in [6.45, 7) is 26.4. The molecule has 0 aliphatic carbocycles. The Morgan fingerprint density at radius 1 is 0.129 bits per heavy atom. The largest absolute Gasteiger partial charge is 0.309 e. The average molecular weight is 1760 g/mol. The van der Waals surface area contributed by atoms with E-state index in [1.54, 1.807) is 0 Å². The highest BCUT2D eigenvalue weighted by atomic mass is 31.3. The van der Waals surface area contributed by atoms with Crippen LogP contribution in [0.2, 0.25) is 0 Å². The third kappa shape index (κ3) is 12.2. The van der Waals surface area contributed by atoms with Crippen LogP contribution in [0.5, 0.6) is 0 Å². The van der Waals surface area contributed by atoms with E-state index in [0.29, 0.717) is 0 Å². The van der Waals surface area contributed by atoms with E-state index in [4.69, 9.17) is 13.5 Å². The second-order valence-corrected chi connectivity index (χ2v) is 46.3. The summed E-state index contributed by atoms with van der Waals surface area (Å²) in [6.07, 6.45) is 0. The van der Waals surface area contributed by atoms with Crippen LogP contribution in [0.1, 0.15) is 66.8 Å². The normalized spacial score (nSPS) is 13.8. The summed E-state index contributed by atoms with van der Waals surface area (Å²) < 4.78 is 36.3. The van der Waals surface area contributed by atoms with Gasteiger partial charge in [0.1, 0.15) is 21.6 Å². The van der Waals surface area contributed by atoms with Crippen molar-refractivity contribution < 1.29 is 0 Å². The van der Waals surface area contributed by atoms with Crippen LogP contribution in [-0.2, 0) is 0 Å². The third-order valence-corrected chi connectivity index (χ3v) is 40.4. The van der Waals surface area contributed by atoms with E-state index >= 15 is 0 Å². The molecule has 0 saturated carbocycles. The Morgan fingerprint density at radius 2 is 0.227 bits per heavy atom. The fraction of sp³-hybridized carbons (Fsp3) is 0.100. The van der Waals surface area contributed by atoms with Crippen LogP contribution < -0.4 is 31.8 Å². The van der Waals surface area contributed by atoms with Crippen LogP contribution in [0.4, 0.5) is 0 Å². The quantitative estimate of drug-likeness (QED) is 0.109. The molecule has 0 bridgehead atoms. The van der Waals surface area contributed by atoms with Crippen molar-refractivity contribution in [1.82, 2.24) is 27.4 Å². The van der Waals surface area contributed by atoms with Gasteiger partial charge in [-0.2, -0.15) is 0 Å². The molecule has 12 heteroatoms. The molecule has 7 heterocycles. The molecule has 132 heavy (non-hydrogen) atoms. The predicted octanol–water partition coefficient (Wildman–Crippen LogP) is 30.6. The Bertz CT molecular complexity index is 7540. The molecule has 0 radical (unpaired) electrons. The van der Waals surface area contributed by atoms with Gasteiger partial charge in [0.05, 0.1) is 66.2 Å². The van der Waals surface area contributed by atoms with Gasteiger partial charge in [0, 0.05) is 131 Å². The van der Waals surface area contributed by atoms with Gasteiger partial charge in [-0.15, -0.1) is 0 Å². The number of hydrogen-bond donors (Lipinski definition) is 0. The fourth-order valence-electron chi connectivity index (χ4n) is 21.7. The first kappa shape index (κ1) is 79.6. The molecule has 1 aliphatic heterocycles. The molecule has 0 saturated heterocycles. The summed E-state index contributed by atoms with van der Waals surface area (Å²) in [7, 11) is -11.2. The third-order valence-electron chi connectivity index (χ3n) is 28.0. The van der Waals surface area contributed by atoms with Crippen LogP contribution in [0.25, 0.3) is 165 Å². The average Bonchev–Trinajstić information content (AvgIpc) is 0.765. The maximum Gasteiger partial charge on any atom is 0.138 e. The van der Waals surface area contributed by atoms with Gasteiger partial charge in [-0.3, -0.25) is 0 Å². The molecule has 0 amide bonds. The number of hydrogen-bond acceptors (Lipinski definition) is 3. The summed E-state index contributed by atoms with van der Waals surface area (Å²) in [6, 6.07) is 140. The lowest BCUT2D eigenvalue weighted by atomic mass is 10.1. The molecule has 24 aromatic rings. The summed E-state index contributed by atoms with van der Waals surface area (Å²) in [5, 5.41) is 20.9. The van der Waals surface area contributed by atoms with Gasteiger partial charge in [-0.05, 0) is 374 Å². The molecule has 6 aromatic heterocycles. The van der Waals surface area contributed by atoms with Gasteiger partial charge in [0.2, 0.25) is 0 Å². The lowest BCUT2D eigenvalue weighted by molar-refractivity contribution is 1.18. The van der Waals surface area contributed by atoms with Crippen LogP contribution in [0, 0.1) is 83.1 Å². The van der Waals surface area contributed by atoms with Crippen molar-refractivity contribution in [2.45, 2.75) is 83.1 Å². The first-order valence-electron chi connectivity index (χ1n) is 45.9. The predicted molar refractivity (Wildman–Crippen MR) is 567 cm³/mol. The Balaban J connectivity index is 0.837. The van der Waals surface area contributed by atoms with Gasteiger partial charge in [-0.1, -0.05) is 140 Å². The summed E-state index contributed by atoms with van der Waals surface area (Å²) in [5.74, 6) is 0. The Labute approximate surface area is 767 Å². The van der Waals surface area contributed by atoms with E-state index < -0.39 is 21.6 Å². The number of rotatable bonds is 12. The Kier molecular flexibility index (Phi) is 17.9. The molecule has 25 rings (SSSR count). The molecule has 9 nitrogen and oxygen atoms in total. The van der Waals surface area contributed by atoms with Gasteiger partial charge >= 0.3 is 0 Å². The van der Waals surface area contributed by atoms with Crippen LogP contribution in [-0.4, -0.2) is 27.4 Å². The molecular formula is C120H96N9P3. The maximum absolute atomic E-state index is 7.18. The number of fused-ring (bicyclic) bond motifs is 18. The molecule has 0 fully saturated rings. The zero-order valence-corrected chi connectivity index (χ0v) is 78.7. The van der Waals surface area contributed by atoms with E-state index in [2.05, 4.69) is 474 Å². The second-order valence-electron chi connectivity index (χ2n) is 37.4. The zero-order chi connectivity index (χ0) is 89.2. The van der Waals surface area contributed by atoms with Crippen LogP contribution in [0.3, 0.4) is 0 Å². The Morgan fingerprint density at radius 3 is 0.326 bits per heavy atom. The topological polar surface area (TPSA) is 66.7 Å². The van der Waals surface area contributed by atoms with Gasteiger partial charge in [0.15, 0.2) is 0 Å². The van der Waals surface area contributed by atoms with Crippen molar-refractivity contribution >= 4 is 184 Å². The van der Waals surface area contributed by atoms with E-state index in [0.717, 1.165) is 132 Å². The van der Waals surface area contributed by atoms with Crippen molar-refractivity contribution in [3.8, 4) is 34.1 Å². The number of aryl methyl sites for hydroxylation is 12. The maximum atomic E-state index is 7.18. The first-order chi connectivity index (χ1) is 64.2. The second kappa shape index (κ2) is 29.7. The smallest absolute Gasteiger partial charge is 0.138 e. The van der Waals surface area contributed by atoms with Crippen molar-refractivity contribution in [2.24, 2.45) is 13.5 Å². The highest BCUT2D eigenvalue weighted by Crippen LogP contribution is 2.76. The molecule has 0 atom stereocenters. The molecule has 1 aliphatic rings. The fourth-order valence-corrected chi connectivity index (χ4v) is 36.8. The zero-order valence-electron chi connectivity index (χ0n) is 76.0. The van der Waals surface area contributed by atoms with Gasteiger partial charge in [-0.25, -0.2) is 13.5 Å². The monoisotopic (exact) mass is 1760 g/mol. The van der Waals surface area contributed by atoms with E-state index in [9.17, 15) is 0 Å². The van der Waals surface area contributed by atoms with E-state index in [1.165, 1.54) is 131 Å². The molecule has 18 aromatic carbocycles. The summed E-state index contributed by atoms with van der Waals surface area (Å²) in [4.78, 5) is 0. The van der Waals surface area contributed by atoms with Crippen molar-refractivity contribution in [3.63, 3.8) is 0 Å². The van der Waals surface area contributed by atoms with Crippen LogP contribution in [0.15, 0.2) is 378 Å². The van der Waals surface area contributed by atoms with Crippen molar-refractivity contribution in [3.05, 3.63) is 431 Å².